The molecular weight excluding hydrogens is 597 g/mol. The fraction of sp³-hybridized carbons (Fsp3) is 0.375. The second-order valence-corrected chi connectivity index (χ2v) is 13.8. The molecule has 2 fully saturated rings. The van der Waals surface area contributed by atoms with E-state index in [0.717, 1.165) is 23.2 Å². The van der Waals surface area contributed by atoms with Gasteiger partial charge in [0, 0.05) is 34.6 Å². The molecule has 0 bridgehead atoms. The molecule has 2 saturated heterocycles. The average Bonchev–Trinajstić information content (AvgIpc) is 3.55. The van der Waals surface area contributed by atoms with Gasteiger partial charge in [0.2, 0.25) is 5.91 Å². The van der Waals surface area contributed by atoms with E-state index in [2.05, 4.69) is 31.0 Å². The van der Waals surface area contributed by atoms with Crippen LogP contribution in [0, 0.1) is 5.41 Å². The van der Waals surface area contributed by atoms with Crippen molar-refractivity contribution in [3.8, 4) is 5.75 Å². The van der Waals surface area contributed by atoms with Gasteiger partial charge in [-0.05, 0) is 65.4 Å². The number of aromatic carboxylic acids is 1. The molecule has 0 radical (unpaired) electrons. The largest absolute Gasteiger partial charge is 0.495 e. The standard InChI is InChI=1S/C32H32Cl3N3O4/c1-31(2,3)14-25-32(15-36-22-10-9-18(33)13-20(22)32)26(19-6-5-7-21(34)27(19)35)28-29(39)37(16-38(25)28)23-11-8-17(30(40)41)12-24(23)42-4/h5-13,25-26,28,36H,14-16H2,1-4H3,(H,40,41)/t25-,26-,28+,32-/m0/s1. The lowest BCUT2D eigenvalue weighted by molar-refractivity contribution is -0.119. The normalized spacial score (nSPS) is 25.1. The lowest BCUT2D eigenvalue weighted by Gasteiger charge is -2.42. The zero-order chi connectivity index (χ0) is 30.1. The highest BCUT2D eigenvalue weighted by Crippen LogP contribution is 2.62. The molecule has 220 valence electrons. The van der Waals surface area contributed by atoms with Gasteiger partial charge in [0.15, 0.2) is 0 Å². The minimum absolute atomic E-state index is 0.0755. The first-order chi connectivity index (χ1) is 19.9. The molecule has 4 atom stereocenters. The van der Waals surface area contributed by atoms with Crippen LogP contribution in [0.5, 0.6) is 5.75 Å². The molecule has 0 aliphatic carbocycles. The summed E-state index contributed by atoms with van der Waals surface area (Å²) in [6, 6.07) is 15.5. The van der Waals surface area contributed by atoms with Gasteiger partial charge in [-0.15, -0.1) is 0 Å². The number of benzene rings is 3. The van der Waals surface area contributed by atoms with Crippen molar-refractivity contribution in [2.45, 2.75) is 50.6 Å². The molecule has 1 amide bonds. The summed E-state index contributed by atoms with van der Waals surface area (Å²) < 4.78 is 5.59. The van der Waals surface area contributed by atoms with E-state index in [1.54, 1.807) is 17.0 Å². The number of halogens is 3. The predicted octanol–water partition coefficient (Wildman–Crippen LogP) is 7.29. The number of nitrogens with one attached hydrogen (secondary N) is 1. The highest BCUT2D eigenvalue weighted by atomic mass is 35.5. The molecule has 3 aromatic carbocycles. The molecule has 6 rings (SSSR count). The lowest BCUT2D eigenvalue weighted by Crippen LogP contribution is -2.49. The average molecular weight is 629 g/mol. The predicted molar refractivity (Wildman–Crippen MR) is 167 cm³/mol. The third-order valence-corrected chi connectivity index (χ3v) is 10.0. The maximum absolute atomic E-state index is 14.7. The summed E-state index contributed by atoms with van der Waals surface area (Å²) in [6.07, 6.45) is 0.794. The van der Waals surface area contributed by atoms with E-state index in [1.165, 1.54) is 19.2 Å². The van der Waals surface area contributed by atoms with Crippen LogP contribution in [-0.4, -0.2) is 54.3 Å². The Labute approximate surface area is 260 Å². The van der Waals surface area contributed by atoms with Crippen LogP contribution in [0.4, 0.5) is 11.4 Å². The monoisotopic (exact) mass is 627 g/mol. The summed E-state index contributed by atoms with van der Waals surface area (Å²) in [6.45, 7) is 7.53. The van der Waals surface area contributed by atoms with Crippen molar-refractivity contribution in [2.75, 3.05) is 30.5 Å². The van der Waals surface area contributed by atoms with Crippen LogP contribution in [0.2, 0.25) is 15.1 Å². The van der Waals surface area contributed by atoms with Gasteiger partial charge in [-0.1, -0.05) is 67.7 Å². The van der Waals surface area contributed by atoms with Gasteiger partial charge in [-0.25, -0.2) is 4.79 Å². The van der Waals surface area contributed by atoms with Crippen molar-refractivity contribution >= 4 is 58.1 Å². The number of ether oxygens (including phenoxy) is 1. The van der Waals surface area contributed by atoms with Crippen molar-refractivity contribution in [3.05, 3.63) is 86.4 Å². The molecule has 0 unspecified atom stereocenters. The molecular formula is C32H32Cl3N3O4. The van der Waals surface area contributed by atoms with Gasteiger partial charge in [-0.3, -0.25) is 14.6 Å². The Morgan fingerprint density at radius 2 is 1.88 bits per heavy atom. The SMILES string of the molecule is COc1cc(C(=O)O)ccc1N1CN2[C@@H](CC(C)(C)C)[C@@]3(CNc4ccc(Cl)cc43)[C@@H](c3cccc(Cl)c3Cl)[C@@H]2C1=O. The maximum atomic E-state index is 14.7. The summed E-state index contributed by atoms with van der Waals surface area (Å²) in [5.41, 5.74) is 2.88. The van der Waals surface area contributed by atoms with Crippen molar-refractivity contribution in [1.82, 2.24) is 4.90 Å². The third-order valence-electron chi connectivity index (χ3n) is 8.94. The number of hydrogen-bond donors (Lipinski definition) is 2. The first-order valence-electron chi connectivity index (χ1n) is 13.8. The van der Waals surface area contributed by atoms with Crippen LogP contribution in [0.1, 0.15) is 54.6 Å². The van der Waals surface area contributed by atoms with Gasteiger partial charge in [-0.2, -0.15) is 0 Å². The molecule has 2 N–H and O–H groups in total. The number of rotatable bonds is 5. The van der Waals surface area contributed by atoms with Gasteiger partial charge >= 0.3 is 5.97 Å². The van der Waals surface area contributed by atoms with E-state index in [-0.39, 0.29) is 28.8 Å². The summed E-state index contributed by atoms with van der Waals surface area (Å²) in [4.78, 5) is 30.3. The van der Waals surface area contributed by atoms with E-state index in [4.69, 9.17) is 39.5 Å². The van der Waals surface area contributed by atoms with Crippen molar-refractivity contribution in [1.29, 1.82) is 0 Å². The Morgan fingerprint density at radius 3 is 2.57 bits per heavy atom. The van der Waals surface area contributed by atoms with Crippen LogP contribution in [0.15, 0.2) is 54.6 Å². The zero-order valence-electron chi connectivity index (χ0n) is 23.7. The number of anilines is 2. The molecule has 10 heteroatoms. The molecule has 0 aromatic heterocycles. The van der Waals surface area contributed by atoms with E-state index in [9.17, 15) is 14.7 Å². The van der Waals surface area contributed by atoms with Crippen LogP contribution in [0.3, 0.4) is 0 Å². The van der Waals surface area contributed by atoms with Gasteiger partial charge in [0.1, 0.15) is 5.75 Å². The van der Waals surface area contributed by atoms with E-state index in [1.807, 2.05) is 30.3 Å². The van der Waals surface area contributed by atoms with Crippen LogP contribution < -0.4 is 15.0 Å². The number of hydrogen-bond acceptors (Lipinski definition) is 5. The van der Waals surface area contributed by atoms with Crippen LogP contribution in [-0.2, 0) is 10.2 Å². The smallest absolute Gasteiger partial charge is 0.335 e. The van der Waals surface area contributed by atoms with Crippen LogP contribution >= 0.6 is 34.8 Å². The molecule has 3 aromatic rings. The number of carbonyl (C=O) groups excluding carboxylic acids is 1. The summed E-state index contributed by atoms with van der Waals surface area (Å²) in [5, 5.41) is 14.7. The number of fused-ring (bicyclic) bond motifs is 3. The van der Waals surface area contributed by atoms with Crippen LogP contribution in [0.25, 0.3) is 0 Å². The highest BCUT2D eigenvalue weighted by Gasteiger charge is 2.67. The molecule has 3 aliphatic rings. The zero-order valence-corrected chi connectivity index (χ0v) is 26.0. The number of methoxy groups -OCH3 is 1. The van der Waals surface area contributed by atoms with Gasteiger partial charge in [0.25, 0.3) is 0 Å². The van der Waals surface area contributed by atoms with Crippen molar-refractivity contribution < 1.29 is 19.4 Å². The number of carboxylic acids is 1. The molecule has 3 aliphatic heterocycles. The summed E-state index contributed by atoms with van der Waals surface area (Å²) in [5.74, 6) is -1.21. The number of carbonyl (C=O) groups is 2. The third kappa shape index (κ3) is 4.44. The number of carboxylic acid groups (broad SMARTS) is 1. The number of nitrogens with zero attached hydrogens (tertiary/aromatic N) is 2. The molecule has 1 spiro atoms. The molecule has 0 saturated carbocycles. The van der Waals surface area contributed by atoms with Crippen molar-refractivity contribution in [3.63, 3.8) is 0 Å². The minimum Gasteiger partial charge on any atom is -0.495 e. The van der Waals surface area contributed by atoms with E-state index >= 15 is 0 Å². The summed E-state index contributed by atoms with van der Waals surface area (Å²) in [7, 11) is 1.48. The molecule has 3 heterocycles. The van der Waals surface area contributed by atoms with E-state index in [0.29, 0.717) is 39.7 Å². The molecule has 7 nitrogen and oxygen atoms in total. The summed E-state index contributed by atoms with van der Waals surface area (Å²) >= 11 is 20.2. The first-order valence-corrected chi connectivity index (χ1v) is 15.0. The second-order valence-electron chi connectivity index (χ2n) is 12.5. The first kappa shape index (κ1) is 29.1. The highest BCUT2D eigenvalue weighted by molar-refractivity contribution is 6.42. The Balaban J connectivity index is 1.57. The lowest BCUT2D eigenvalue weighted by atomic mass is 9.63. The maximum Gasteiger partial charge on any atom is 0.335 e. The quantitative estimate of drug-likeness (QED) is 0.309. The minimum atomic E-state index is -1.07. The van der Waals surface area contributed by atoms with Gasteiger partial charge < -0.3 is 15.2 Å². The Bertz CT molecular complexity index is 1610. The Hall–Kier alpha value is -2.97. The number of amides is 1. The Kier molecular flexibility index (Phi) is 7.17. The van der Waals surface area contributed by atoms with E-state index < -0.39 is 17.4 Å². The van der Waals surface area contributed by atoms with Crippen molar-refractivity contribution in [2.24, 2.45) is 5.41 Å². The Morgan fingerprint density at radius 1 is 1.12 bits per heavy atom. The topological polar surface area (TPSA) is 82.1 Å². The van der Waals surface area contributed by atoms with Gasteiger partial charge in [0.05, 0.1) is 41.1 Å². The fourth-order valence-corrected chi connectivity index (χ4v) is 7.91. The second kappa shape index (κ2) is 10.3. The fourth-order valence-electron chi connectivity index (χ4n) is 7.32. The molecule has 42 heavy (non-hydrogen) atoms.